The van der Waals surface area contributed by atoms with Crippen molar-refractivity contribution in [2.75, 3.05) is 26.4 Å². The van der Waals surface area contributed by atoms with Crippen LogP contribution in [0.1, 0.15) is 21.0 Å². The number of carbonyl (C=O) groups is 2. The van der Waals surface area contributed by atoms with Crippen molar-refractivity contribution in [1.29, 1.82) is 0 Å². The van der Waals surface area contributed by atoms with Crippen LogP contribution < -0.4 is 9.47 Å². The van der Waals surface area contributed by atoms with Gasteiger partial charge < -0.3 is 18.9 Å². The lowest BCUT2D eigenvalue weighted by Crippen LogP contribution is -2.17. The highest BCUT2D eigenvalue weighted by Gasteiger charge is 2.15. The van der Waals surface area contributed by atoms with E-state index in [1.165, 1.54) is 54.6 Å². The fourth-order valence-corrected chi connectivity index (χ4v) is 2.51. The summed E-state index contributed by atoms with van der Waals surface area (Å²) >= 11 is 0. The minimum Gasteiger partial charge on any atom is -0.487 e. The van der Waals surface area contributed by atoms with Gasteiger partial charge in [-0.15, -0.1) is 0 Å². The summed E-state index contributed by atoms with van der Waals surface area (Å²) in [5, 5.41) is 0. The maximum Gasteiger partial charge on any atom is 0.357 e. The molecule has 0 fully saturated rings. The molecule has 0 aliphatic rings. The molecule has 32 heavy (non-hydrogen) atoms. The van der Waals surface area contributed by atoms with Gasteiger partial charge in [0.05, 0.1) is 0 Å². The number of hydrogen-bond acceptors (Lipinski definition) is 7. The Morgan fingerprint density at radius 3 is 1.50 bits per heavy atom. The summed E-state index contributed by atoms with van der Waals surface area (Å²) in [5.41, 5.74) is -0.208. The maximum absolute atomic E-state index is 13.5. The monoisotopic (exact) mass is 443 g/mol. The second-order valence-corrected chi connectivity index (χ2v) is 6.24. The minimum absolute atomic E-state index is 0.0467. The Labute approximate surface area is 182 Å². The largest absolute Gasteiger partial charge is 0.487 e. The zero-order chi connectivity index (χ0) is 22.8. The number of para-hydroxylation sites is 2. The second kappa shape index (κ2) is 11.4. The number of benzene rings is 2. The van der Waals surface area contributed by atoms with Gasteiger partial charge in [-0.1, -0.05) is 30.3 Å². The van der Waals surface area contributed by atoms with Gasteiger partial charge >= 0.3 is 11.9 Å². The van der Waals surface area contributed by atoms with Crippen LogP contribution in [0.5, 0.6) is 11.5 Å². The third-order valence-corrected chi connectivity index (χ3v) is 3.99. The average Bonchev–Trinajstić information content (AvgIpc) is 2.81. The number of halogens is 2. The molecule has 0 aliphatic carbocycles. The van der Waals surface area contributed by atoms with Crippen LogP contribution in [-0.4, -0.2) is 43.4 Å². The first-order chi connectivity index (χ1) is 15.5. The number of ether oxygens (including phenoxy) is 4. The van der Waals surface area contributed by atoms with E-state index in [4.69, 9.17) is 18.9 Å². The maximum atomic E-state index is 13.5. The molecule has 166 valence electrons. The molecule has 0 saturated heterocycles. The predicted molar refractivity (Wildman–Crippen MR) is 109 cm³/mol. The highest BCUT2D eigenvalue weighted by Crippen LogP contribution is 2.16. The van der Waals surface area contributed by atoms with E-state index in [1.54, 1.807) is 12.1 Å². The Kier molecular flexibility index (Phi) is 8.08. The van der Waals surface area contributed by atoms with E-state index < -0.39 is 23.6 Å². The fraction of sp³-hybridized carbons (Fsp3) is 0.174. The summed E-state index contributed by atoms with van der Waals surface area (Å²) in [6.45, 7) is -0.402. The van der Waals surface area contributed by atoms with Crippen molar-refractivity contribution in [1.82, 2.24) is 4.98 Å². The first-order valence-corrected chi connectivity index (χ1v) is 9.60. The van der Waals surface area contributed by atoms with E-state index in [0.29, 0.717) is 0 Å². The van der Waals surface area contributed by atoms with Crippen LogP contribution in [-0.2, 0) is 9.47 Å². The number of nitrogens with zero attached hydrogens (tertiary/aromatic N) is 1. The van der Waals surface area contributed by atoms with Gasteiger partial charge in [-0.05, 0) is 36.4 Å². The number of hydrogen-bond donors (Lipinski definition) is 0. The van der Waals surface area contributed by atoms with Crippen molar-refractivity contribution in [2.24, 2.45) is 0 Å². The molecule has 0 bridgehead atoms. The molecule has 0 amide bonds. The van der Waals surface area contributed by atoms with Gasteiger partial charge in [-0.3, -0.25) is 0 Å². The highest BCUT2D eigenvalue weighted by atomic mass is 19.1. The normalized spacial score (nSPS) is 10.3. The van der Waals surface area contributed by atoms with Crippen molar-refractivity contribution in [2.45, 2.75) is 0 Å². The molecule has 3 rings (SSSR count). The average molecular weight is 443 g/mol. The topological polar surface area (TPSA) is 84.0 Å². The SMILES string of the molecule is O=C(OCCOc1ccccc1F)c1cccc(C(=O)OCCOc2ccccc2F)n1. The third-order valence-electron chi connectivity index (χ3n) is 3.99. The van der Waals surface area contributed by atoms with E-state index in [2.05, 4.69) is 4.98 Å². The number of aromatic nitrogens is 1. The lowest BCUT2D eigenvalue weighted by atomic mass is 10.3. The molecule has 0 N–H and O–H groups in total. The van der Waals surface area contributed by atoms with Crippen LogP contribution in [0.15, 0.2) is 66.7 Å². The smallest absolute Gasteiger partial charge is 0.357 e. The van der Waals surface area contributed by atoms with Gasteiger partial charge in [0.25, 0.3) is 0 Å². The summed E-state index contributed by atoms with van der Waals surface area (Å²) in [6.07, 6.45) is 0. The molecule has 1 aromatic heterocycles. The summed E-state index contributed by atoms with van der Waals surface area (Å²) in [5.74, 6) is -2.51. The standard InChI is InChI=1S/C23H19F2NO6/c24-16-6-1-3-10-20(16)29-12-14-31-22(27)18-8-5-9-19(26-18)23(28)32-15-13-30-21-11-4-2-7-17(21)25/h1-11H,12-15H2. The van der Waals surface area contributed by atoms with Crippen LogP contribution in [0.25, 0.3) is 0 Å². The molecule has 0 saturated carbocycles. The number of pyridine rings is 1. The third kappa shape index (κ3) is 6.49. The molecule has 0 spiro atoms. The molecule has 3 aromatic rings. The molecule has 0 aliphatic heterocycles. The molecule has 0 radical (unpaired) electrons. The Hall–Kier alpha value is -4.01. The predicted octanol–water partition coefficient (Wildman–Crippen LogP) is 3.83. The van der Waals surface area contributed by atoms with Crippen molar-refractivity contribution in [3.63, 3.8) is 0 Å². The van der Waals surface area contributed by atoms with Crippen molar-refractivity contribution < 1.29 is 37.3 Å². The van der Waals surface area contributed by atoms with Crippen molar-refractivity contribution in [3.8, 4) is 11.5 Å². The van der Waals surface area contributed by atoms with Gasteiger partial charge in [0, 0.05) is 0 Å². The van der Waals surface area contributed by atoms with E-state index >= 15 is 0 Å². The van der Waals surface area contributed by atoms with Crippen LogP contribution in [0.2, 0.25) is 0 Å². The number of rotatable bonds is 10. The zero-order valence-corrected chi connectivity index (χ0v) is 16.8. The minimum atomic E-state index is -0.778. The summed E-state index contributed by atoms with van der Waals surface area (Å²) < 4.78 is 47.4. The van der Waals surface area contributed by atoms with Crippen LogP contribution in [0, 0.1) is 11.6 Å². The molecule has 1 heterocycles. The Morgan fingerprint density at radius 1 is 0.625 bits per heavy atom. The van der Waals surface area contributed by atoms with Crippen LogP contribution >= 0.6 is 0 Å². The van der Waals surface area contributed by atoms with Crippen LogP contribution in [0.3, 0.4) is 0 Å². The van der Waals surface area contributed by atoms with E-state index in [0.717, 1.165) is 0 Å². The molecule has 0 unspecified atom stereocenters. The van der Waals surface area contributed by atoms with E-state index in [-0.39, 0.29) is 49.3 Å². The quantitative estimate of drug-likeness (QED) is 0.348. The fourth-order valence-electron chi connectivity index (χ4n) is 2.51. The van der Waals surface area contributed by atoms with E-state index in [9.17, 15) is 18.4 Å². The van der Waals surface area contributed by atoms with Crippen molar-refractivity contribution >= 4 is 11.9 Å². The summed E-state index contributed by atoms with van der Waals surface area (Å²) in [6, 6.07) is 15.9. The molecule has 2 aromatic carbocycles. The second-order valence-electron chi connectivity index (χ2n) is 6.24. The lowest BCUT2D eigenvalue weighted by Gasteiger charge is -2.09. The van der Waals surface area contributed by atoms with Gasteiger partial charge in [-0.25, -0.2) is 23.4 Å². The molecular formula is C23H19F2NO6. The first kappa shape index (κ1) is 22.7. The van der Waals surface area contributed by atoms with Gasteiger partial charge in [0.2, 0.25) is 0 Å². The zero-order valence-electron chi connectivity index (χ0n) is 16.8. The molecular weight excluding hydrogens is 424 g/mol. The first-order valence-electron chi connectivity index (χ1n) is 9.60. The lowest BCUT2D eigenvalue weighted by molar-refractivity contribution is 0.0432. The number of esters is 2. The molecule has 0 atom stereocenters. The van der Waals surface area contributed by atoms with Crippen molar-refractivity contribution in [3.05, 3.63) is 89.8 Å². The van der Waals surface area contributed by atoms with Crippen LogP contribution in [0.4, 0.5) is 8.78 Å². The Morgan fingerprint density at radius 2 is 1.06 bits per heavy atom. The summed E-state index contributed by atoms with van der Waals surface area (Å²) in [4.78, 5) is 28.2. The summed E-state index contributed by atoms with van der Waals surface area (Å²) in [7, 11) is 0. The van der Waals surface area contributed by atoms with Gasteiger partial charge in [-0.2, -0.15) is 0 Å². The highest BCUT2D eigenvalue weighted by molar-refractivity contribution is 5.91. The van der Waals surface area contributed by atoms with Gasteiger partial charge in [0.1, 0.15) is 37.8 Å². The van der Waals surface area contributed by atoms with E-state index in [1.807, 2.05) is 0 Å². The molecule has 7 nitrogen and oxygen atoms in total. The Bertz CT molecular complexity index is 995. The van der Waals surface area contributed by atoms with Gasteiger partial charge in [0.15, 0.2) is 23.1 Å². The Balaban J connectivity index is 1.43. The molecule has 9 heteroatoms. The number of carbonyl (C=O) groups excluding carboxylic acids is 2.